The predicted molar refractivity (Wildman–Crippen MR) is 369 cm³/mol. The van der Waals surface area contributed by atoms with Gasteiger partial charge in [-0.25, -0.2) is 0 Å². The third-order valence-electron chi connectivity index (χ3n) is 16.3. The predicted octanol–water partition coefficient (Wildman–Crippen LogP) is 9.54. The molecule has 3 rings (SSSR count). The van der Waals surface area contributed by atoms with Crippen LogP contribution in [0.1, 0.15) is 187 Å². The maximum absolute atomic E-state index is 13.4. The highest BCUT2D eigenvalue weighted by molar-refractivity contribution is 5.76. The van der Waals surface area contributed by atoms with Crippen LogP contribution in [0.5, 0.6) is 0 Å². The molecular formula is C75H121NO18. The number of carbonyl (C=O) groups excluding carboxylic acids is 1. The molecule has 19 heteroatoms. The first-order chi connectivity index (χ1) is 45.8. The van der Waals surface area contributed by atoms with Crippen molar-refractivity contribution in [2.75, 3.05) is 26.4 Å². The largest absolute Gasteiger partial charge is 0.394 e. The number of hydrogen-bond acceptors (Lipinski definition) is 18. The summed E-state index contributed by atoms with van der Waals surface area (Å²) in [5.41, 5.74) is 0. The molecular weight excluding hydrogens is 1200 g/mol. The number of ether oxygens (including phenoxy) is 6. The third kappa shape index (κ3) is 35.8. The minimum atomic E-state index is -1.99. The van der Waals surface area contributed by atoms with Crippen molar-refractivity contribution >= 4 is 5.91 Å². The first-order valence-corrected chi connectivity index (χ1v) is 35.1. The van der Waals surface area contributed by atoms with E-state index < -0.39 is 124 Å². The Morgan fingerprint density at radius 3 is 1.19 bits per heavy atom. The van der Waals surface area contributed by atoms with Crippen LogP contribution in [0.25, 0.3) is 0 Å². The van der Waals surface area contributed by atoms with Crippen molar-refractivity contribution in [1.29, 1.82) is 0 Å². The smallest absolute Gasteiger partial charge is 0.220 e. The topological polar surface area (TPSA) is 307 Å². The normalized spacial score (nSPS) is 28.3. The minimum Gasteiger partial charge on any atom is -0.394 e. The van der Waals surface area contributed by atoms with Gasteiger partial charge in [0, 0.05) is 6.42 Å². The molecule has 0 bridgehead atoms. The van der Waals surface area contributed by atoms with Crippen LogP contribution < -0.4 is 5.32 Å². The van der Waals surface area contributed by atoms with Crippen LogP contribution in [-0.4, -0.2) is 193 Å². The second-order valence-corrected chi connectivity index (χ2v) is 24.2. The van der Waals surface area contributed by atoms with Crippen LogP contribution >= 0.6 is 0 Å². The van der Waals surface area contributed by atoms with E-state index in [2.05, 4.69) is 153 Å². The molecule has 94 heavy (non-hydrogen) atoms. The molecule has 3 saturated heterocycles. The zero-order chi connectivity index (χ0) is 68.2. The lowest BCUT2D eigenvalue weighted by atomic mass is 9.96. The van der Waals surface area contributed by atoms with Crippen molar-refractivity contribution < 1.29 is 89.4 Å². The Hall–Kier alpha value is -4.33. The molecule has 12 N–H and O–H groups in total. The van der Waals surface area contributed by atoms with Gasteiger partial charge in [0.05, 0.1) is 38.6 Å². The van der Waals surface area contributed by atoms with Crippen molar-refractivity contribution in [3.63, 3.8) is 0 Å². The molecule has 3 fully saturated rings. The highest BCUT2D eigenvalue weighted by atomic mass is 16.8. The lowest BCUT2D eigenvalue weighted by molar-refractivity contribution is -0.379. The number of aliphatic hydroxyl groups is 11. The molecule has 0 aliphatic carbocycles. The Balaban J connectivity index is 1.36. The fourth-order valence-corrected chi connectivity index (χ4v) is 10.7. The fraction of sp³-hybridized carbons (Fsp3) is 0.667. The Morgan fingerprint density at radius 1 is 0.394 bits per heavy atom. The minimum absolute atomic E-state index is 0.214. The van der Waals surface area contributed by atoms with Gasteiger partial charge in [0.2, 0.25) is 5.91 Å². The average Bonchev–Trinajstić information content (AvgIpc) is 0.794. The second-order valence-electron chi connectivity index (χ2n) is 24.2. The molecule has 0 aromatic carbocycles. The van der Waals surface area contributed by atoms with Gasteiger partial charge in [-0.1, -0.05) is 217 Å². The first-order valence-electron chi connectivity index (χ1n) is 35.1. The second kappa shape index (κ2) is 54.7. The molecule has 1 amide bonds. The van der Waals surface area contributed by atoms with Crippen molar-refractivity contribution in [3.05, 3.63) is 146 Å². The van der Waals surface area contributed by atoms with E-state index in [9.17, 15) is 61.0 Å². The number of nitrogens with one attached hydrogen (secondary N) is 1. The molecule has 0 aromatic heterocycles. The van der Waals surface area contributed by atoms with E-state index in [1.54, 1.807) is 6.08 Å². The van der Waals surface area contributed by atoms with E-state index in [0.717, 1.165) is 116 Å². The molecule has 534 valence electrons. The Bertz CT molecular complexity index is 2270. The molecule has 19 nitrogen and oxygen atoms in total. The van der Waals surface area contributed by atoms with Crippen LogP contribution in [-0.2, 0) is 33.2 Å². The lowest BCUT2D eigenvalue weighted by Crippen LogP contribution is -2.66. The molecule has 0 spiro atoms. The first kappa shape index (κ1) is 83.9. The third-order valence-corrected chi connectivity index (χ3v) is 16.3. The lowest BCUT2D eigenvalue weighted by Gasteiger charge is -2.48. The van der Waals surface area contributed by atoms with Gasteiger partial charge in [-0.2, -0.15) is 0 Å². The van der Waals surface area contributed by atoms with Crippen LogP contribution in [0.3, 0.4) is 0 Å². The molecule has 0 aromatic rings. The maximum atomic E-state index is 13.4. The van der Waals surface area contributed by atoms with Gasteiger partial charge in [0.25, 0.3) is 0 Å². The fourth-order valence-electron chi connectivity index (χ4n) is 10.7. The zero-order valence-corrected chi connectivity index (χ0v) is 56.4. The highest BCUT2D eigenvalue weighted by Crippen LogP contribution is 2.33. The standard InChI is InChI=1S/C75H121NO18/c1-3-5-7-9-11-13-15-17-18-19-20-21-22-23-24-25-26-27-28-29-30-31-32-33-34-35-36-37-38-39-40-41-43-45-47-49-51-53-63(81)76-58(59(80)52-50-48-46-44-42-16-14-12-10-8-6-4-2)57-89-73-69(87)66(84)71(61(55-78)91-73)94-75-70(88)67(85)72(62(56-79)92-75)93-74-68(86)65(83)64(82)60(54-77)90-74/h5,7,10-13,17-18,20-21,23-24,26-27,29-30,32-33,35-36,42,44,50,52,58-62,64-75,77-80,82-88H,3-4,6,8-9,14-16,19,22,25,28,31,34,37-41,43,45-49,51,53-57H2,1-2H3,(H,76,81)/b7-5-,12-10+,13-11-,18-17-,21-20-,24-23-,27-26-,30-29-,33-32-,36-35-,44-42+,52-50+. The average molecular weight is 1320 g/mol. The van der Waals surface area contributed by atoms with Gasteiger partial charge in [-0.15, -0.1) is 0 Å². The van der Waals surface area contributed by atoms with E-state index in [1.807, 2.05) is 6.08 Å². The summed E-state index contributed by atoms with van der Waals surface area (Å²) < 4.78 is 34.2. The Kier molecular flexibility index (Phi) is 48.8. The number of amides is 1. The van der Waals surface area contributed by atoms with Crippen molar-refractivity contribution in [2.24, 2.45) is 0 Å². The van der Waals surface area contributed by atoms with Gasteiger partial charge >= 0.3 is 0 Å². The molecule has 17 unspecified atom stereocenters. The summed E-state index contributed by atoms with van der Waals surface area (Å²) in [5.74, 6) is -0.305. The highest BCUT2D eigenvalue weighted by Gasteiger charge is 2.53. The summed E-state index contributed by atoms with van der Waals surface area (Å²) in [6.07, 6.45) is 51.3. The van der Waals surface area contributed by atoms with E-state index in [4.69, 9.17) is 28.4 Å². The van der Waals surface area contributed by atoms with Gasteiger partial charge in [0.1, 0.15) is 73.2 Å². The Labute approximate surface area is 562 Å². The monoisotopic (exact) mass is 1320 g/mol. The number of rotatable bonds is 51. The van der Waals surface area contributed by atoms with Gasteiger partial charge in [0.15, 0.2) is 18.9 Å². The van der Waals surface area contributed by atoms with E-state index >= 15 is 0 Å². The quantitative estimate of drug-likeness (QED) is 0.0199. The van der Waals surface area contributed by atoms with E-state index in [-0.39, 0.29) is 18.9 Å². The van der Waals surface area contributed by atoms with E-state index in [1.165, 1.54) is 38.5 Å². The van der Waals surface area contributed by atoms with Crippen molar-refractivity contribution in [2.45, 2.75) is 291 Å². The van der Waals surface area contributed by atoms with Gasteiger partial charge < -0.3 is 89.9 Å². The number of aliphatic hydroxyl groups excluding tert-OH is 11. The number of hydrogen-bond donors (Lipinski definition) is 12. The summed E-state index contributed by atoms with van der Waals surface area (Å²) in [4.78, 5) is 13.4. The molecule has 0 radical (unpaired) electrons. The van der Waals surface area contributed by atoms with Gasteiger partial charge in [-0.3, -0.25) is 4.79 Å². The maximum Gasteiger partial charge on any atom is 0.220 e. The summed E-state index contributed by atoms with van der Waals surface area (Å²) in [6, 6.07) is -1.01. The molecule has 17 atom stereocenters. The molecule has 3 aliphatic rings. The van der Waals surface area contributed by atoms with Crippen LogP contribution in [0, 0.1) is 0 Å². The summed E-state index contributed by atoms with van der Waals surface area (Å²) in [7, 11) is 0. The van der Waals surface area contributed by atoms with E-state index in [0.29, 0.717) is 12.8 Å². The van der Waals surface area contributed by atoms with Crippen LogP contribution in [0.2, 0.25) is 0 Å². The van der Waals surface area contributed by atoms with Gasteiger partial charge in [-0.05, 0) is 109 Å². The van der Waals surface area contributed by atoms with Crippen LogP contribution in [0.15, 0.2) is 146 Å². The summed E-state index contributed by atoms with van der Waals surface area (Å²) >= 11 is 0. The molecule has 0 saturated carbocycles. The number of allylic oxidation sites excluding steroid dienone is 23. The van der Waals surface area contributed by atoms with Crippen molar-refractivity contribution in [3.8, 4) is 0 Å². The van der Waals surface area contributed by atoms with Crippen molar-refractivity contribution in [1.82, 2.24) is 5.32 Å². The van der Waals surface area contributed by atoms with Crippen LogP contribution in [0.4, 0.5) is 0 Å². The molecule has 3 heterocycles. The molecule has 3 aliphatic heterocycles. The SMILES string of the molecule is CC/C=C\C/C=C\C/C=C\C/C=C\C/C=C\C/C=C\C/C=C\C/C=C\C/C=C\CCCCCCCCCCCC(=O)NC(COC1OC(CO)C(OC2OC(CO)C(OC3OC(CO)C(O)C(O)C3O)C(O)C2O)C(O)C1O)C(O)/C=C/CC/C=C/CC/C=C/CCCC. The number of unbranched alkanes of at least 4 members (excludes halogenated alkanes) is 13. The Morgan fingerprint density at radius 2 is 0.745 bits per heavy atom. The number of carbonyl (C=O) groups is 1. The zero-order valence-electron chi connectivity index (χ0n) is 56.4. The summed E-state index contributed by atoms with van der Waals surface area (Å²) in [6.45, 7) is 1.49. The summed E-state index contributed by atoms with van der Waals surface area (Å²) in [5, 5.41) is 120.